The third-order valence-corrected chi connectivity index (χ3v) is 4.24. The maximum Gasteiger partial charge on any atom is 0.271 e. The molecular formula is C16H24N4O4. The number of anilines is 1. The van der Waals surface area contributed by atoms with E-state index >= 15 is 0 Å². The molecule has 24 heavy (non-hydrogen) atoms. The molecule has 1 aliphatic rings. The molecule has 1 heterocycles. The third kappa shape index (κ3) is 4.90. The first-order chi connectivity index (χ1) is 11.5. The number of nitrogens with zero attached hydrogens (tertiary/aromatic N) is 2. The number of nitro groups is 1. The molecule has 1 fully saturated rings. The van der Waals surface area contributed by atoms with Crippen LogP contribution in [0.25, 0.3) is 0 Å². The zero-order valence-corrected chi connectivity index (χ0v) is 14.1. The number of methoxy groups -OCH3 is 1. The molecular weight excluding hydrogens is 312 g/mol. The Labute approximate surface area is 141 Å². The maximum atomic E-state index is 12.2. The Morgan fingerprint density at radius 2 is 2.29 bits per heavy atom. The van der Waals surface area contributed by atoms with Gasteiger partial charge in [-0.25, -0.2) is 0 Å². The lowest BCUT2D eigenvalue weighted by molar-refractivity contribution is -0.384. The quantitative estimate of drug-likeness (QED) is 0.580. The zero-order chi connectivity index (χ0) is 17.5. The molecule has 1 saturated heterocycles. The van der Waals surface area contributed by atoms with Gasteiger partial charge in [0.25, 0.3) is 5.69 Å². The largest absolute Gasteiger partial charge is 0.495 e. The lowest BCUT2D eigenvalue weighted by Gasteiger charge is -2.32. The minimum Gasteiger partial charge on any atom is -0.495 e. The predicted molar refractivity (Wildman–Crippen MR) is 91.4 cm³/mol. The molecule has 2 N–H and O–H groups in total. The van der Waals surface area contributed by atoms with Crippen molar-refractivity contribution in [3.8, 4) is 5.75 Å². The Kier molecular flexibility index (Phi) is 6.51. The molecule has 0 spiro atoms. The van der Waals surface area contributed by atoms with Crippen LogP contribution in [0.3, 0.4) is 0 Å². The average Bonchev–Trinajstić information content (AvgIpc) is 2.60. The monoisotopic (exact) mass is 336 g/mol. The molecule has 1 amide bonds. The van der Waals surface area contributed by atoms with E-state index in [9.17, 15) is 14.9 Å². The normalized spacial score (nSPS) is 18.2. The minimum atomic E-state index is -0.499. The fourth-order valence-electron chi connectivity index (χ4n) is 2.87. The van der Waals surface area contributed by atoms with Crippen molar-refractivity contribution in [1.82, 2.24) is 10.2 Å². The number of non-ortho nitro benzene ring substituents is 1. The Balaban J connectivity index is 1.92. The second-order valence-corrected chi connectivity index (χ2v) is 5.87. The van der Waals surface area contributed by atoms with Crippen molar-refractivity contribution in [1.29, 1.82) is 0 Å². The van der Waals surface area contributed by atoms with Gasteiger partial charge in [0.2, 0.25) is 5.91 Å². The summed E-state index contributed by atoms with van der Waals surface area (Å²) in [6.45, 7) is 2.59. The minimum absolute atomic E-state index is 0.0843. The van der Waals surface area contributed by atoms with E-state index in [1.54, 1.807) is 0 Å². The Morgan fingerprint density at radius 3 is 2.96 bits per heavy atom. The van der Waals surface area contributed by atoms with Gasteiger partial charge in [-0.2, -0.15) is 0 Å². The number of carbonyl (C=O) groups excluding carboxylic acids is 1. The van der Waals surface area contributed by atoms with Gasteiger partial charge in [-0.05, 0) is 32.5 Å². The third-order valence-electron chi connectivity index (χ3n) is 4.24. The highest BCUT2D eigenvalue weighted by Crippen LogP contribution is 2.28. The Hall–Kier alpha value is -2.19. The molecule has 1 aromatic rings. The second-order valence-electron chi connectivity index (χ2n) is 5.87. The van der Waals surface area contributed by atoms with Crippen molar-refractivity contribution in [2.24, 2.45) is 0 Å². The Bertz CT molecular complexity index is 593. The highest BCUT2D eigenvalue weighted by Gasteiger charge is 2.19. The van der Waals surface area contributed by atoms with Gasteiger partial charge in [0, 0.05) is 37.7 Å². The highest BCUT2D eigenvalue weighted by molar-refractivity contribution is 5.92. The summed E-state index contributed by atoms with van der Waals surface area (Å²) >= 11 is 0. The number of piperidine rings is 1. The second kappa shape index (κ2) is 8.60. The topological polar surface area (TPSA) is 96.7 Å². The summed E-state index contributed by atoms with van der Waals surface area (Å²) in [5.74, 6) is 0.225. The van der Waals surface area contributed by atoms with Crippen molar-refractivity contribution in [3.05, 3.63) is 28.3 Å². The summed E-state index contributed by atoms with van der Waals surface area (Å²) in [6, 6.07) is 4.61. The predicted octanol–water partition coefficient (Wildman–Crippen LogP) is 1.62. The molecule has 1 aliphatic heterocycles. The number of rotatable bonds is 7. The summed E-state index contributed by atoms with van der Waals surface area (Å²) in [5.41, 5.74) is 0.238. The van der Waals surface area contributed by atoms with E-state index in [1.165, 1.54) is 25.3 Å². The number of amides is 1. The summed E-state index contributed by atoms with van der Waals surface area (Å²) in [4.78, 5) is 24.8. The van der Waals surface area contributed by atoms with Gasteiger partial charge < -0.3 is 20.3 Å². The number of hydrogen-bond acceptors (Lipinski definition) is 6. The van der Waals surface area contributed by atoms with Crippen LogP contribution in [0, 0.1) is 10.1 Å². The van der Waals surface area contributed by atoms with E-state index in [4.69, 9.17) is 4.74 Å². The molecule has 1 aromatic carbocycles. The van der Waals surface area contributed by atoms with Gasteiger partial charge in [0.05, 0.1) is 17.7 Å². The van der Waals surface area contributed by atoms with Crippen LogP contribution in [0.1, 0.15) is 19.3 Å². The Morgan fingerprint density at radius 1 is 1.50 bits per heavy atom. The highest BCUT2D eigenvalue weighted by atomic mass is 16.6. The van der Waals surface area contributed by atoms with Gasteiger partial charge in [-0.3, -0.25) is 14.9 Å². The van der Waals surface area contributed by atoms with Gasteiger partial charge in [-0.15, -0.1) is 0 Å². The fraction of sp³-hybridized carbons (Fsp3) is 0.562. The first-order valence-corrected chi connectivity index (χ1v) is 8.05. The summed E-state index contributed by atoms with van der Waals surface area (Å²) in [7, 11) is 3.41. The molecule has 0 bridgehead atoms. The van der Waals surface area contributed by atoms with E-state index in [0.717, 1.165) is 25.9 Å². The van der Waals surface area contributed by atoms with Crippen molar-refractivity contribution >= 4 is 17.3 Å². The van der Waals surface area contributed by atoms with Crippen molar-refractivity contribution in [3.63, 3.8) is 0 Å². The summed E-state index contributed by atoms with van der Waals surface area (Å²) in [5, 5.41) is 16.9. The van der Waals surface area contributed by atoms with E-state index in [-0.39, 0.29) is 11.6 Å². The number of likely N-dealkylation sites (tertiary alicyclic amines) is 1. The van der Waals surface area contributed by atoms with Crippen LogP contribution in [0.15, 0.2) is 18.2 Å². The van der Waals surface area contributed by atoms with Gasteiger partial charge in [0.1, 0.15) is 5.75 Å². The lowest BCUT2D eigenvalue weighted by Crippen LogP contribution is -2.45. The maximum absolute atomic E-state index is 12.2. The van der Waals surface area contributed by atoms with E-state index in [1.807, 2.05) is 7.05 Å². The average molecular weight is 336 g/mol. The van der Waals surface area contributed by atoms with Crippen LogP contribution in [0.2, 0.25) is 0 Å². The number of nitrogens with one attached hydrogen (secondary N) is 2. The first-order valence-electron chi connectivity index (χ1n) is 8.05. The van der Waals surface area contributed by atoms with Crippen LogP contribution >= 0.6 is 0 Å². The van der Waals surface area contributed by atoms with Crippen molar-refractivity contribution < 1.29 is 14.5 Å². The van der Waals surface area contributed by atoms with E-state index < -0.39 is 4.92 Å². The molecule has 132 valence electrons. The fourth-order valence-corrected chi connectivity index (χ4v) is 2.87. The number of hydrogen-bond donors (Lipinski definition) is 2. The molecule has 1 unspecified atom stereocenters. The van der Waals surface area contributed by atoms with Crippen molar-refractivity contribution in [2.75, 3.05) is 39.1 Å². The molecule has 0 saturated carbocycles. The standard InChI is InChI=1S/C16H24N4O4/c1-17-12-4-3-8-19(11-12)9-7-16(21)18-14-10-13(20(22)23)5-6-15(14)24-2/h5-6,10,12,17H,3-4,7-9,11H2,1-2H3,(H,18,21). The van der Waals surface area contributed by atoms with Crippen molar-refractivity contribution in [2.45, 2.75) is 25.3 Å². The molecule has 8 heteroatoms. The molecule has 1 atom stereocenters. The summed E-state index contributed by atoms with van der Waals surface area (Å²) in [6.07, 6.45) is 2.61. The van der Waals surface area contributed by atoms with Gasteiger partial charge >= 0.3 is 0 Å². The van der Waals surface area contributed by atoms with E-state index in [0.29, 0.717) is 30.4 Å². The molecule has 2 rings (SSSR count). The number of nitro benzene ring substituents is 1. The molecule has 0 radical (unpaired) electrons. The number of benzene rings is 1. The number of likely N-dealkylation sites (N-methyl/N-ethyl adjacent to an activating group) is 1. The molecule has 0 aromatic heterocycles. The van der Waals surface area contributed by atoms with Gasteiger partial charge in [-0.1, -0.05) is 0 Å². The SMILES string of the molecule is CNC1CCCN(CCC(=O)Nc2cc([N+](=O)[O-])ccc2OC)C1. The van der Waals surface area contributed by atoms with Crippen LogP contribution in [-0.2, 0) is 4.79 Å². The van der Waals surface area contributed by atoms with Crippen LogP contribution < -0.4 is 15.4 Å². The smallest absolute Gasteiger partial charge is 0.271 e. The zero-order valence-electron chi connectivity index (χ0n) is 14.1. The van der Waals surface area contributed by atoms with Crippen LogP contribution in [0.5, 0.6) is 5.75 Å². The first kappa shape index (κ1) is 18.2. The van der Waals surface area contributed by atoms with E-state index in [2.05, 4.69) is 15.5 Å². The molecule has 0 aliphatic carbocycles. The van der Waals surface area contributed by atoms with Crippen LogP contribution in [0.4, 0.5) is 11.4 Å². The summed E-state index contributed by atoms with van der Waals surface area (Å²) < 4.78 is 5.15. The number of carbonyl (C=O) groups is 1. The van der Waals surface area contributed by atoms with Gasteiger partial charge in [0.15, 0.2) is 0 Å². The molecule has 8 nitrogen and oxygen atoms in total. The van der Waals surface area contributed by atoms with Crippen LogP contribution in [-0.4, -0.2) is 55.6 Å². The lowest BCUT2D eigenvalue weighted by atomic mass is 10.1. The number of ether oxygens (including phenoxy) is 1.